The molecule has 0 saturated carbocycles. The number of benzene rings is 1. The average Bonchev–Trinajstić information content (AvgIpc) is 2.78. The molecule has 0 saturated heterocycles. The number of aromatic amines is 1. The highest BCUT2D eigenvalue weighted by atomic mass is 19.1. The fourth-order valence-electron chi connectivity index (χ4n) is 1.50. The van der Waals surface area contributed by atoms with Crippen LogP contribution in [-0.4, -0.2) is 32.7 Å². The number of aromatic nitrogens is 3. The van der Waals surface area contributed by atoms with Crippen LogP contribution >= 0.6 is 0 Å². The highest BCUT2D eigenvalue weighted by molar-refractivity contribution is 5.96. The van der Waals surface area contributed by atoms with Crippen LogP contribution in [0.15, 0.2) is 18.2 Å². The Bertz CT molecular complexity index is 599. The van der Waals surface area contributed by atoms with Crippen LogP contribution in [0.2, 0.25) is 0 Å². The lowest BCUT2D eigenvalue weighted by Crippen LogP contribution is -2.26. The summed E-state index contributed by atoms with van der Waals surface area (Å²) >= 11 is 0. The Balaban J connectivity index is 1.92. The second kappa shape index (κ2) is 5.34. The standard InChI is InChI=1S/C11H12FN5O2/c12-6-1-2-8(18)7(5-6)10(19)14-4-3-9-15-11(13)17-16-9/h1-2,5,18H,3-4H2,(H,14,19)(H3,13,15,16,17). The zero-order valence-electron chi connectivity index (χ0n) is 9.85. The van der Waals surface area contributed by atoms with Crippen LogP contribution in [0, 0.1) is 5.82 Å². The number of nitrogens with two attached hydrogens (primary N) is 1. The summed E-state index contributed by atoms with van der Waals surface area (Å²) in [5.41, 5.74) is 5.21. The third kappa shape index (κ3) is 3.18. The zero-order valence-corrected chi connectivity index (χ0v) is 9.85. The second-order valence-corrected chi connectivity index (χ2v) is 3.81. The summed E-state index contributed by atoms with van der Waals surface area (Å²) in [6.07, 6.45) is 0.395. The third-order valence-corrected chi connectivity index (χ3v) is 2.40. The van der Waals surface area contributed by atoms with Gasteiger partial charge in [-0.15, -0.1) is 5.10 Å². The summed E-state index contributed by atoms with van der Waals surface area (Å²) in [6.45, 7) is 0.253. The molecule has 5 N–H and O–H groups in total. The Hall–Kier alpha value is -2.64. The van der Waals surface area contributed by atoms with Crippen LogP contribution in [0.3, 0.4) is 0 Å². The molecule has 1 aromatic carbocycles. The molecule has 0 spiro atoms. The molecule has 1 heterocycles. The van der Waals surface area contributed by atoms with Gasteiger partial charge in [0.1, 0.15) is 17.4 Å². The van der Waals surface area contributed by atoms with Gasteiger partial charge in [-0.2, -0.15) is 4.98 Å². The minimum atomic E-state index is -0.592. The number of nitrogens with one attached hydrogen (secondary N) is 2. The minimum Gasteiger partial charge on any atom is -0.507 e. The van der Waals surface area contributed by atoms with Gasteiger partial charge in [0.2, 0.25) is 5.95 Å². The molecule has 0 aliphatic heterocycles. The monoisotopic (exact) mass is 265 g/mol. The van der Waals surface area contributed by atoms with Gasteiger partial charge in [0, 0.05) is 13.0 Å². The molecule has 0 radical (unpaired) electrons. The van der Waals surface area contributed by atoms with Gasteiger partial charge in [0.25, 0.3) is 5.91 Å². The zero-order chi connectivity index (χ0) is 13.8. The first kappa shape index (κ1) is 12.8. The van der Waals surface area contributed by atoms with Crippen molar-refractivity contribution in [2.45, 2.75) is 6.42 Å². The number of rotatable bonds is 4. The Morgan fingerprint density at radius 3 is 3.00 bits per heavy atom. The largest absolute Gasteiger partial charge is 0.507 e. The molecule has 0 atom stereocenters. The fraction of sp³-hybridized carbons (Fsp3) is 0.182. The van der Waals surface area contributed by atoms with Crippen molar-refractivity contribution in [2.24, 2.45) is 0 Å². The quantitative estimate of drug-likeness (QED) is 0.630. The number of phenolic OH excluding ortho intramolecular Hbond substituents is 1. The van der Waals surface area contributed by atoms with E-state index in [1.807, 2.05) is 0 Å². The number of phenols is 1. The van der Waals surface area contributed by atoms with Gasteiger partial charge in [-0.3, -0.25) is 9.89 Å². The maximum atomic E-state index is 13.0. The van der Waals surface area contributed by atoms with Gasteiger partial charge >= 0.3 is 0 Å². The van der Waals surface area contributed by atoms with Crippen LogP contribution in [0.5, 0.6) is 5.75 Å². The highest BCUT2D eigenvalue weighted by Gasteiger charge is 2.11. The van der Waals surface area contributed by atoms with Crippen LogP contribution < -0.4 is 11.1 Å². The van der Waals surface area contributed by atoms with Crippen molar-refractivity contribution in [3.63, 3.8) is 0 Å². The van der Waals surface area contributed by atoms with E-state index in [0.717, 1.165) is 18.2 Å². The lowest BCUT2D eigenvalue weighted by molar-refractivity contribution is 0.0951. The molecule has 0 aliphatic carbocycles. The number of anilines is 1. The molecule has 0 bridgehead atoms. The topological polar surface area (TPSA) is 117 Å². The number of nitrogen functional groups attached to an aromatic ring is 1. The number of halogens is 1. The van der Waals surface area contributed by atoms with Crippen molar-refractivity contribution in [3.05, 3.63) is 35.4 Å². The first-order valence-corrected chi connectivity index (χ1v) is 5.49. The maximum absolute atomic E-state index is 13.0. The fourth-order valence-corrected chi connectivity index (χ4v) is 1.50. The summed E-state index contributed by atoms with van der Waals surface area (Å²) in [7, 11) is 0. The van der Waals surface area contributed by atoms with Crippen LogP contribution in [0.25, 0.3) is 0 Å². The molecule has 19 heavy (non-hydrogen) atoms. The van der Waals surface area contributed by atoms with E-state index in [9.17, 15) is 14.3 Å². The average molecular weight is 265 g/mol. The Kier molecular flexibility index (Phi) is 3.60. The molecule has 1 amide bonds. The van der Waals surface area contributed by atoms with Crippen molar-refractivity contribution < 1.29 is 14.3 Å². The Morgan fingerprint density at radius 1 is 1.53 bits per heavy atom. The molecule has 7 nitrogen and oxygen atoms in total. The third-order valence-electron chi connectivity index (χ3n) is 2.40. The number of carbonyl (C=O) groups excluding carboxylic acids is 1. The second-order valence-electron chi connectivity index (χ2n) is 3.81. The predicted molar refractivity (Wildman–Crippen MR) is 64.9 cm³/mol. The van der Waals surface area contributed by atoms with Gasteiger partial charge in [0.15, 0.2) is 0 Å². The van der Waals surface area contributed by atoms with E-state index in [-0.39, 0.29) is 23.8 Å². The molecule has 2 aromatic rings. The highest BCUT2D eigenvalue weighted by Crippen LogP contribution is 2.17. The first-order valence-electron chi connectivity index (χ1n) is 5.49. The van der Waals surface area contributed by atoms with Crippen LogP contribution in [-0.2, 0) is 6.42 Å². The number of carbonyl (C=O) groups is 1. The maximum Gasteiger partial charge on any atom is 0.255 e. The van der Waals surface area contributed by atoms with E-state index in [2.05, 4.69) is 20.5 Å². The van der Waals surface area contributed by atoms with E-state index in [4.69, 9.17) is 5.73 Å². The van der Waals surface area contributed by atoms with Crippen LogP contribution in [0.4, 0.5) is 10.3 Å². The number of nitrogens with zero attached hydrogens (tertiary/aromatic N) is 2. The van der Waals surface area contributed by atoms with E-state index in [0.29, 0.717) is 12.2 Å². The van der Waals surface area contributed by atoms with E-state index < -0.39 is 11.7 Å². The van der Waals surface area contributed by atoms with E-state index in [1.54, 1.807) is 0 Å². The van der Waals surface area contributed by atoms with Crippen molar-refractivity contribution in [2.75, 3.05) is 12.3 Å². The van der Waals surface area contributed by atoms with Gasteiger partial charge in [-0.05, 0) is 18.2 Å². The predicted octanol–water partition coefficient (Wildman–Crippen LogP) is 0.204. The van der Waals surface area contributed by atoms with Gasteiger partial charge < -0.3 is 16.2 Å². The molecular weight excluding hydrogens is 253 g/mol. The minimum absolute atomic E-state index is 0.114. The van der Waals surface area contributed by atoms with Crippen molar-refractivity contribution in [1.29, 1.82) is 0 Å². The van der Waals surface area contributed by atoms with Crippen LogP contribution in [0.1, 0.15) is 16.2 Å². The number of H-pyrrole nitrogens is 1. The molecule has 0 unspecified atom stereocenters. The number of hydrogen-bond acceptors (Lipinski definition) is 5. The molecule has 2 rings (SSSR count). The normalized spacial score (nSPS) is 10.4. The lowest BCUT2D eigenvalue weighted by Gasteiger charge is -2.05. The van der Waals surface area contributed by atoms with Crippen molar-refractivity contribution in [3.8, 4) is 5.75 Å². The van der Waals surface area contributed by atoms with E-state index in [1.165, 1.54) is 0 Å². The lowest BCUT2D eigenvalue weighted by atomic mass is 10.2. The smallest absolute Gasteiger partial charge is 0.255 e. The SMILES string of the molecule is Nc1n[nH]c(CCNC(=O)c2cc(F)ccc2O)n1. The summed E-state index contributed by atoms with van der Waals surface area (Å²) in [5, 5.41) is 18.2. The molecule has 8 heteroatoms. The molecule has 1 aromatic heterocycles. The summed E-state index contributed by atoms with van der Waals surface area (Å²) in [4.78, 5) is 15.6. The summed E-state index contributed by atoms with van der Waals surface area (Å²) in [5.74, 6) is -0.774. The number of amides is 1. The van der Waals surface area contributed by atoms with Gasteiger partial charge in [-0.1, -0.05) is 0 Å². The molecule has 100 valence electrons. The molecule has 0 aliphatic rings. The summed E-state index contributed by atoms with van der Waals surface area (Å²) in [6, 6.07) is 3.17. The molecule has 0 fully saturated rings. The number of hydrogen-bond donors (Lipinski definition) is 4. The van der Waals surface area contributed by atoms with E-state index >= 15 is 0 Å². The number of aromatic hydroxyl groups is 1. The first-order chi connectivity index (χ1) is 9.06. The Morgan fingerprint density at radius 2 is 2.32 bits per heavy atom. The van der Waals surface area contributed by atoms with Gasteiger partial charge in [-0.25, -0.2) is 4.39 Å². The van der Waals surface area contributed by atoms with Gasteiger partial charge in [0.05, 0.1) is 5.56 Å². The van der Waals surface area contributed by atoms with Crippen molar-refractivity contribution in [1.82, 2.24) is 20.5 Å². The van der Waals surface area contributed by atoms with Crippen molar-refractivity contribution >= 4 is 11.9 Å². The summed E-state index contributed by atoms with van der Waals surface area (Å²) < 4.78 is 13.0. The Labute approximate surface area is 107 Å². The molecular formula is C11H12FN5O2.